The van der Waals surface area contributed by atoms with Gasteiger partial charge in [-0.25, -0.2) is 12.8 Å². The summed E-state index contributed by atoms with van der Waals surface area (Å²) in [5.41, 5.74) is -0.0441. The van der Waals surface area contributed by atoms with Crippen molar-refractivity contribution in [2.75, 3.05) is 11.9 Å². The van der Waals surface area contributed by atoms with E-state index < -0.39 is 46.3 Å². The van der Waals surface area contributed by atoms with Gasteiger partial charge in [0.15, 0.2) is 6.61 Å². The molecule has 1 heterocycles. The fourth-order valence-corrected chi connectivity index (χ4v) is 4.42. The van der Waals surface area contributed by atoms with E-state index in [-0.39, 0.29) is 9.90 Å². The van der Waals surface area contributed by atoms with Gasteiger partial charge in [-0.2, -0.15) is 4.72 Å². The van der Waals surface area contributed by atoms with Crippen molar-refractivity contribution >= 4 is 38.9 Å². The Morgan fingerprint density at radius 1 is 1.19 bits per heavy atom. The molecule has 2 N–H and O–H groups in total. The highest BCUT2D eigenvalue weighted by Gasteiger charge is 2.30. The topological polar surface area (TPSA) is 102 Å². The molecule has 0 bridgehead atoms. The van der Waals surface area contributed by atoms with E-state index in [0.717, 1.165) is 11.3 Å². The minimum absolute atomic E-state index is 0.0441. The van der Waals surface area contributed by atoms with Gasteiger partial charge in [-0.3, -0.25) is 9.59 Å². The quantitative estimate of drug-likeness (QED) is 0.646. The molecular weight excluding hydrogens is 395 g/mol. The van der Waals surface area contributed by atoms with Crippen molar-refractivity contribution in [3.05, 3.63) is 47.6 Å². The molecule has 0 saturated heterocycles. The lowest BCUT2D eigenvalue weighted by Gasteiger charge is -2.20. The van der Waals surface area contributed by atoms with Crippen molar-refractivity contribution in [3.63, 3.8) is 0 Å². The molecular formula is C17H19FN2O5S2. The smallest absolute Gasteiger partial charge is 0.324 e. The van der Waals surface area contributed by atoms with Gasteiger partial charge < -0.3 is 10.1 Å². The van der Waals surface area contributed by atoms with E-state index >= 15 is 0 Å². The lowest BCUT2D eigenvalue weighted by molar-refractivity contribution is -0.150. The predicted molar refractivity (Wildman–Crippen MR) is 99.3 cm³/mol. The number of carbonyl (C=O) groups excluding carboxylic acids is 2. The Morgan fingerprint density at radius 3 is 2.48 bits per heavy atom. The molecule has 0 spiro atoms. The van der Waals surface area contributed by atoms with Crippen LogP contribution in [-0.4, -0.2) is 32.9 Å². The highest BCUT2D eigenvalue weighted by atomic mass is 32.2. The van der Waals surface area contributed by atoms with Crippen LogP contribution < -0.4 is 10.0 Å². The average molecular weight is 414 g/mol. The van der Waals surface area contributed by atoms with Crippen LogP contribution in [-0.2, 0) is 24.3 Å². The van der Waals surface area contributed by atoms with E-state index in [1.165, 1.54) is 24.3 Å². The molecule has 27 heavy (non-hydrogen) atoms. The number of esters is 1. The molecule has 1 aromatic carbocycles. The van der Waals surface area contributed by atoms with Crippen molar-refractivity contribution in [1.82, 2.24) is 4.72 Å². The van der Waals surface area contributed by atoms with Crippen LogP contribution in [0.25, 0.3) is 0 Å². The zero-order chi connectivity index (χ0) is 20.0. The monoisotopic (exact) mass is 414 g/mol. The van der Waals surface area contributed by atoms with E-state index in [1.54, 1.807) is 31.4 Å². The Hall–Kier alpha value is -2.30. The first-order valence-corrected chi connectivity index (χ1v) is 10.3. The molecule has 0 aliphatic heterocycles. The van der Waals surface area contributed by atoms with Gasteiger partial charge >= 0.3 is 5.97 Å². The molecule has 10 heteroatoms. The van der Waals surface area contributed by atoms with E-state index in [1.807, 2.05) is 0 Å². The molecule has 2 rings (SSSR count). The standard InChI is InChI=1S/C17H19FN2O5S2/c1-11(2)16(20-27(23,24)15-8-5-9-26-15)17(22)25-10-14(21)19-13-7-4-3-6-12(13)18/h3-9,11,16,20H,10H2,1-2H3,(H,19,21)/t16-/m1/s1. The fraction of sp³-hybridized carbons (Fsp3) is 0.294. The number of sulfonamides is 1. The van der Waals surface area contributed by atoms with E-state index in [0.29, 0.717) is 0 Å². The van der Waals surface area contributed by atoms with Gasteiger partial charge in [0.25, 0.3) is 15.9 Å². The number of carbonyl (C=O) groups is 2. The van der Waals surface area contributed by atoms with Crippen LogP contribution >= 0.6 is 11.3 Å². The lowest BCUT2D eigenvalue weighted by Crippen LogP contribution is -2.45. The number of amides is 1. The Morgan fingerprint density at radius 2 is 1.89 bits per heavy atom. The molecule has 0 saturated carbocycles. The highest BCUT2D eigenvalue weighted by molar-refractivity contribution is 7.91. The first-order valence-electron chi connectivity index (χ1n) is 7.97. The van der Waals surface area contributed by atoms with Crippen molar-refractivity contribution in [2.24, 2.45) is 5.92 Å². The van der Waals surface area contributed by atoms with Crippen LogP contribution in [0.2, 0.25) is 0 Å². The summed E-state index contributed by atoms with van der Waals surface area (Å²) in [5.74, 6) is -2.67. The Kier molecular flexibility index (Phi) is 7.05. The molecule has 146 valence electrons. The number of ether oxygens (including phenoxy) is 1. The molecule has 0 radical (unpaired) electrons. The molecule has 0 fully saturated rings. The number of hydrogen-bond donors (Lipinski definition) is 2. The second kappa shape index (κ2) is 9.07. The first kappa shape index (κ1) is 21.0. The summed E-state index contributed by atoms with van der Waals surface area (Å²) in [6, 6.07) is 7.37. The van der Waals surface area contributed by atoms with Crippen LogP contribution in [0.3, 0.4) is 0 Å². The molecule has 1 atom stereocenters. The Balaban J connectivity index is 1.97. The zero-order valence-corrected chi connectivity index (χ0v) is 16.3. The van der Waals surface area contributed by atoms with Gasteiger partial charge in [-0.15, -0.1) is 11.3 Å². The highest BCUT2D eigenvalue weighted by Crippen LogP contribution is 2.18. The maximum absolute atomic E-state index is 13.5. The molecule has 0 unspecified atom stereocenters. The molecule has 0 aliphatic carbocycles. The third kappa shape index (κ3) is 5.84. The third-order valence-corrected chi connectivity index (χ3v) is 6.29. The van der Waals surface area contributed by atoms with Crippen molar-refractivity contribution < 1.29 is 27.1 Å². The minimum atomic E-state index is -3.88. The maximum atomic E-state index is 13.5. The summed E-state index contributed by atoms with van der Waals surface area (Å²) in [5, 5.41) is 3.88. The molecule has 7 nitrogen and oxygen atoms in total. The fourth-order valence-electron chi connectivity index (χ4n) is 2.07. The molecule has 1 amide bonds. The van der Waals surface area contributed by atoms with E-state index in [2.05, 4.69) is 10.0 Å². The summed E-state index contributed by atoms with van der Waals surface area (Å²) < 4.78 is 45.4. The number of benzene rings is 1. The maximum Gasteiger partial charge on any atom is 0.324 e. The zero-order valence-electron chi connectivity index (χ0n) is 14.6. The number of halogens is 1. The number of rotatable bonds is 8. The molecule has 0 aliphatic rings. The molecule has 1 aromatic heterocycles. The van der Waals surface area contributed by atoms with Gasteiger partial charge in [-0.05, 0) is 29.5 Å². The normalized spacial score (nSPS) is 12.6. The van der Waals surface area contributed by atoms with Crippen LogP contribution in [0.1, 0.15) is 13.8 Å². The SMILES string of the molecule is CC(C)[C@@H](NS(=O)(=O)c1cccs1)C(=O)OCC(=O)Nc1ccccc1F. The summed E-state index contributed by atoms with van der Waals surface area (Å²) in [7, 11) is -3.88. The number of anilines is 1. The van der Waals surface area contributed by atoms with E-state index in [4.69, 9.17) is 4.74 Å². The second-order valence-corrected chi connectivity index (χ2v) is 8.80. The Labute approximate surface area is 160 Å². The van der Waals surface area contributed by atoms with Crippen molar-refractivity contribution in [2.45, 2.75) is 24.1 Å². The largest absolute Gasteiger partial charge is 0.454 e. The van der Waals surface area contributed by atoms with Gasteiger partial charge in [0.2, 0.25) is 0 Å². The van der Waals surface area contributed by atoms with Gasteiger partial charge in [0.1, 0.15) is 16.1 Å². The van der Waals surface area contributed by atoms with Crippen LogP contribution in [0.15, 0.2) is 46.0 Å². The lowest BCUT2D eigenvalue weighted by atomic mass is 10.1. The average Bonchev–Trinajstić information content (AvgIpc) is 3.15. The molecule has 2 aromatic rings. The third-order valence-electron chi connectivity index (χ3n) is 3.46. The summed E-state index contributed by atoms with van der Waals surface area (Å²) in [6.45, 7) is 2.61. The van der Waals surface area contributed by atoms with Crippen LogP contribution in [0.4, 0.5) is 10.1 Å². The van der Waals surface area contributed by atoms with Gasteiger partial charge in [0, 0.05) is 0 Å². The first-order chi connectivity index (χ1) is 12.7. The van der Waals surface area contributed by atoms with E-state index in [9.17, 15) is 22.4 Å². The number of para-hydroxylation sites is 1. The summed E-state index contributed by atoms with van der Waals surface area (Å²) in [4.78, 5) is 24.1. The number of hydrogen-bond acceptors (Lipinski definition) is 6. The van der Waals surface area contributed by atoms with Gasteiger partial charge in [0.05, 0.1) is 5.69 Å². The second-order valence-electron chi connectivity index (χ2n) is 5.91. The summed E-state index contributed by atoms with van der Waals surface area (Å²) in [6.07, 6.45) is 0. The van der Waals surface area contributed by atoms with Crippen LogP contribution in [0, 0.1) is 11.7 Å². The van der Waals surface area contributed by atoms with Crippen LogP contribution in [0.5, 0.6) is 0 Å². The Bertz CT molecular complexity index is 898. The predicted octanol–water partition coefficient (Wildman–Crippen LogP) is 2.37. The number of thiophene rings is 1. The van der Waals surface area contributed by atoms with Crippen molar-refractivity contribution in [3.8, 4) is 0 Å². The minimum Gasteiger partial charge on any atom is -0.454 e. The van der Waals surface area contributed by atoms with Gasteiger partial charge in [-0.1, -0.05) is 32.0 Å². The summed E-state index contributed by atoms with van der Waals surface area (Å²) >= 11 is 1.01. The number of nitrogens with one attached hydrogen (secondary N) is 2. The van der Waals surface area contributed by atoms with Crippen molar-refractivity contribution in [1.29, 1.82) is 0 Å².